The Balaban J connectivity index is 3.39. The van der Waals surface area contributed by atoms with E-state index in [9.17, 15) is 19.8 Å². The van der Waals surface area contributed by atoms with Crippen molar-refractivity contribution in [3.8, 4) is 0 Å². The third-order valence-corrected chi connectivity index (χ3v) is 17.4. The molecule has 0 spiro atoms. The SMILES string of the molecule is CCCCC/C=C\C/C=C\CCCCCCCCCC(=O)OCCCCCCCCCCCCCC/C=C\CCCCCCCCCCCCC(=O)NC(CO)C(O)CCCCCCCCCCCCCCCCCCCCCCCC. The van der Waals surface area contributed by atoms with Crippen LogP contribution in [0.15, 0.2) is 36.5 Å². The summed E-state index contributed by atoms with van der Waals surface area (Å²) in [5.74, 6) is -0.0252. The number of aliphatic hydroxyl groups is 2. The Bertz CT molecular complexity index is 1330. The van der Waals surface area contributed by atoms with Crippen molar-refractivity contribution in [3.63, 3.8) is 0 Å². The zero-order valence-electron chi connectivity index (χ0n) is 55.5. The second kappa shape index (κ2) is 71.6. The van der Waals surface area contributed by atoms with Crippen LogP contribution in [0.2, 0.25) is 0 Å². The average molecular weight is 1150 g/mol. The van der Waals surface area contributed by atoms with Crippen LogP contribution in [0.3, 0.4) is 0 Å². The smallest absolute Gasteiger partial charge is 0.305 e. The van der Waals surface area contributed by atoms with Crippen LogP contribution in [0.5, 0.6) is 0 Å². The van der Waals surface area contributed by atoms with E-state index >= 15 is 0 Å². The van der Waals surface area contributed by atoms with Gasteiger partial charge in [-0.3, -0.25) is 9.59 Å². The van der Waals surface area contributed by atoms with Crippen LogP contribution in [0.4, 0.5) is 0 Å². The van der Waals surface area contributed by atoms with Gasteiger partial charge in [-0.15, -0.1) is 0 Å². The lowest BCUT2D eigenvalue weighted by atomic mass is 10.0. The molecule has 6 heteroatoms. The Hall–Kier alpha value is -1.92. The topological polar surface area (TPSA) is 95.9 Å². The highest BCUT2D eigenvalue weighted by Crippen LogP contribution is 2.19. The Morgan fingerprint density at radius 2 is 0.610 bits per heavy atom. The normalized spacial score (nSPS) is 12.7. The highest BCUT2D eigenvalue weighted by Gasteiger charge is 2.20. The number of esters is 1. The summed E-state index contributed by atoms with van der Waals surface area (Å²) in [4.78, 5) is 24.7. The molecule has 3 N–H and O–H groups in total. The molecular weight excluding hydrogens is 1010 g/mol. The van der Waals surface area contributed by atoms with Crippen molar-refractivity contribution < 1.29 is 24.5 Å². The third kappa shape index (κ3) is 67.2. The third-order valence-electron chi connectivity index (χ3n) is 17.4. The van der Waals surface area contributed by atoms with Gasteiger partial charge in [-0.25, -0.2) is 0 Å². The van der Waals surface area contributed by atoms with E-state index in [-0.39, 0.29) is 18.5 Å². The van der Waals surface area contributed by atoms with Crippen LogP contribution in [0.25, 0.3) is 0 Å². The van der Waals surface area contributed by atoms with E-state index < -0.39 is 12.1 Å². The minimum Gasteiger partial charge on any atom is -0.466 e. The van der Waals surface area contributed by atoms with E-state index in [1.165, 1.54) is 327 Å². The van der Waals surface area contributed by atoms with Gasteiger partial charge in [0.1, 0.15) is 0 Å². The molecule has 0 saturated heterocycles. The zero-order chi connectivity index (χ0) is 59.2. The highest BCUT2D eigenvalue weighted by molar-refractivity contribution is 5.76. The largest absolute Gasteiger partial charge is 0.466 e. The number of carbonyl (C=O) groups excluding carboxylic acids is 2. The number of hydrogen-bond acceptors (Lipinski definition) is 5. The first kappa shape index (κ1) is 80.1. The van der Waals surface area contributed by atoms with Gasteiger partial charge in [0.15, 0.2) is 0 Å². The molecule has 0 heterocycles. The van der Waals surface area contributed by atoms with Crippen LogP contribution < -0.4 is 5.32 Å². The van der Waals surface area contributed by atoms with E-state index in [2.05, 4.69) is 55.6 Å². The fraction of sp³-hybridized carbons (Fsp3) is 0.895. The molecule has 0 aromatic heterocycles. The average Bonchev–Trinajstić information content (AvgIpc) is 3.48. The van der Waals surface area contributed by atoms with Gasteiger partial charge in [-0.05, 0) is 83.5 Å². The van der Waals surface area contributed by atoms with E-state index in [0.29, 0.717) is 25.9 Å². The number of unbranched alkanes of at least 4 members (excludes halogenated alkanes) is 53. The number of amides is 1. The minimum absolute atomic E-state index is 0.00729. The van der Waals surface area contributed by atoms with Crippen LogP contribution >= 0.6 is 0 Å². The van der Waals surface area contributed by atoms with Gasteiger partial charge >= 0.3 is 5.97 Å². The molecule has 1 amide bonds. The number of hydrogen-bond donors (Lipinski definition) is 3. The Morgan fingerprint density at radius 1 is 0.341 bits per heavy atom. The predicted molar refractivity (Wildman–Crippen MR) is 361 cm³/mol. The molecule has 0 rings (SSSR count). The molecule has 0 fully saturated rings. The number of aliphatic hydroxyl groups excluding tert-OH is 2. The molecule has 0 aromatic carbocycles. The van der Waals surface area contributed by atoms with Crippen LogP contribution in [0, 0.1) is 0 Å². The number of carbonyl (C=O) groups is 2. The molecule has 0 aliphatic heterocycles. The molecule has 0 aromatic rings. The van der Waals surface area contributed by atoms with Gasteiger partial charge in [0, 0.05) is 12.8 Å². The second-order valence-corrected chi connectivity index (χ2v) is 25.6. The quantitative estimate of drug-likeness (QED) is 0.0320. The molecule has 0 aliphatic carbocycles. The lowest BCUT2D eigenvalue weighted by Gasteiger charge is -2.22. The summed E-state index contributed by atoms with van der Waals surface area (Å²) in [5, 5.41) is 23.4. The Kier molecular flexibility index (Phi) is 69.9. The van der Waals surface area contributed by atoms with Crippen molar-refractivity contribution >= 4 is 11.9 Å². The second-order valence-electron chi connectivity index (χ2n) is 25.6. The fourth-order valence-corrected chi connectivity index (χ4v) is 11.7. The molecule has 0 radical (unpaired) electrons. The van der Waals surface area contributed by atoms with Crippen molar-refractivity contribution in [3.05, 3.63) is 36.5 Å². The van der Waals surface area contributed by atoms with Gasteiger partial charge in [0.05, 0.1) is 25.4 Å². The molecule has 0 saturated carbocycles. The lowest BCUT2D eigenvalue weighted by Crippen LogP contribution is -2.45. The van der Waals surface area contributed by atoms with Crippen molar-refractivity contribution in [2.75, 3.05) is 13.2 Å². The van der Waals surface area contributed by atoms with Crippen LogP contribution in [0.1, 0.15) is 412 Å². The predicted octanol–water partition coefficient (Wildman–Crippen LogP) is 24.3. The summed E-state index contributed by atoms with van der Waals surface area (Å²) in [6, 6.07) is -0.545. The Labute approximate surface area is 513 Å². The molecule has 0 bridgehead atoms. The number of allylic oxidation sites excluding steroid dienone is 6. The van der Waals surface area contributed by atoms with E-state index in [4.69, 9.17) is 4.74 Å². The summed E-state index contributed by atoms with van der Waals surface area (Å²) in [6.45, 7) is 4.96. The first-order chi connectivity index (χ1) is 40.5. The first-order valence-electron chi connectivity index (χ1n) is 37.2. The molecule has 6 nitrogen and oxygen atoms in total. The van der Waals surface area contributed by atoms with E-state index in [1.54, 1.807) is 0 Å². The van der Waals surface area contributed by atoms with Crippen molar-refractivity contribution in [2.45, 2.75) is 424 Å². The monoisotopic (exact) mass is 1150 g/mol. The summed E-state index contributed by atoms with van der Waals surface area (Å²) < 4.78 is 5.50. The maximum Gasteiger partial charge on any atom is 0.305 e. The maximum atomic E-state index is 12.6. The fourth-order valence-electron chi connectivity index (χ4n) is 11.7. The molecule has 484 valence electrons. The van der Waals surface area contributed by atoms with Gasteiger partial charge in [0.2, 0.25) is 5.91 Å². The maximum absolute atomic E-state index is 12.6. The standard InChI is InChI=1S/C76H145NO5/c1-3-5-7-9-11-13-15-17-19-21-22-23-30-33-37-40-44-48-52-56-60-64-68-74(79)73(72-78)77-75(80)69-65-61-57-53-49-45-41-38-34-31-28-26-24-25-27-29-32-35-39-43-47-51-55-59-63-67-71-82-76(81)70-66-62-58-54-50-46-42-36-20-18-16-14-12-10-8-6-4-2/h12,14,18,20,24,26,73-74,78-79H,3-11,13,15-17,19,21-23,25,27-72H2,1-2H3,(H,77,80)/b14-12-,20-18-,26-24-. The van der Waals surface area contributed by atoms with E-state index in [1.807, 2.05) is 0 Å². The Morgan fingerprint density at radius 3 is 0.963 bits per heavy atom. The van der Waals surface area contributed by atoms with Gasteiger partial charge in [-0.1, -0.05) is 352 Å². The van der Waals surface area contributed by atoms with Crippen LogP contribution in [-0.2, 0) is 14.3 Å². The number of nitrogens with one attached hydrogen (secondary N) is 1. The summed E-state index contributed by atoms with van der Waals surface area (Å²) in [5.41, 5.74) is 0. The number of rotatable bonds is 70. The van der Waals surface area contributed by atoms with Crippen LogP contribution in [-0.4, -0.2) is 47.4 Å². The minimum atomic E-state index is -0.667. The van der Waals surface area contributed by atoms with Gasteiger partial charge < -0.3 is 20.3 Å². The first-order valence-corrected chi connectivity index (χ1v) is 37.2. The summed E-state index contributed by atoms with van der Waals surface area (Å²) >= 11 is 0. The summed E-state index contributed by atoms with van der Waals surface area (Å²) in [7, 11) is 0. The van der Waals surface area contributed by atoms with E-state index in [0.717, 1.165) is 51.4 Å². The molecular formula is C76H145NO5. The van der Waals surface area contributed by atoms with Crippen molar-refractivity contribution in [1.82, 2.24) is 5.32 Å². The molecule has 2 unspecified atom stereocenters. The van der Waals surface area contributed by atoms with Crippen molar-refractivity contribution in [2.24, 2.45) is 0 Å². The highest BCUT2D eigenvalue weighted by atomic mass is 16.5. The summed E-state index contributed by atoms with van der Waals surface area (Å²) in [6.07, 6.45) is 92.0. The number of ether oxygens (including phenoxy) is 1. The lowest BCUT2D eigenvalue weighted by molar-refractivity contribution is -0.143. The van der Waals surface area contributed by atoms with Gasteiger partial charge in [0.25, 0.3) is 0 Å². The molecule has 0 aliphatic rings. The molecule has 82 heavy (non-hydrogen) atoms. The molecule has 2 atom stereocenters. The van der Waals surface area contributed by atoms with Crippen molar-refractivity contribution in [1.29, 1.82) is 0 Å². The zero-order valence-corrected chi connectivity index (χ0v) is 55.5. The van der Waals surface area contributed by atoms with Gasteiger partial charge in [-0.2, -0.15) is 0 Å².